The summed E-state index contributed by atoms with van der Waals surface area (Å²) in [4.78, 5) is 6.51. The minimum Gasteiger partial charge on any atom is -0.255 e. The van der Waals surface area contributed by atoms with E-state index in [1.165, 1.54) is 16.0 Å². The van der Waals surface area contributed by atoms with Gasteiger partial charge in [0.15, 0.2) is 0 Å². The first-order valence-electron chi connectivity index (χ1n) is 6.72. The zero-order chi connectivity index (χ0) is 14.8. The van der Waals surface area contributed by atoms with Gasteiger partial charge >= 0.3 is 0 Å². The van der Waals surface area contributed by atoms with E-state index >= 15 is 0 Å². The Labute approximate surface area is 128 Å². The molecule has 0 bridgehead atoms. The lowest BCUT2D eigenvalue weighted by Gasteiger charge is -2.10. The van der Waals surface area contributed by atoms with E-state index in [9.17, 15) is 5.26 Å². The van der Waals surface area contributed by atoms with Crippen LogP contribution in [0.4, 0.5) is 0 Å². The summed E-state index contributed by atoms with van der Waals surface area (Å²) in [5, 5.41) is 10.4. The molecule has 0 spiro atoms. The molecule has 0 aliphatic carbocycles. The molecule has 3 rings (SSSR count). The Bertz CT molecular complexity index is 863. The van der Waals surface area contributed by atoms with Crippen molar-refractivity contribution < 1.29 is 0 Å². The van der Waals surface area contributed by atoms with Gasteiger partial charge in [-0.1, -0.05) is 47.7 Å². The Morgan fingerprint density at radius 3 is 2.67 bits per heavy atom. The van der Waals surface area contributed by atoms with Crippen LogP contribution >= 0.6 is 11.8 Å². The van der Waals surface area contributed by atoms with Gasteiger partial charge in [-0.25, -0.2) is 0 Å². The zero-order valence-electron chi connectivity index (χ0n) is 11.9. The number of fused-ring (bicyclic) bond motifs is 1. The van der Waals surface area contributed by atoms with Crippen LogP contribution in [-0.4, -0.2) is 4.98 Å². The molecule has 0 atom stereocenters. The third kappa shape index (κ3) is 2.63. The number of para-hydroxylation sites is 1. The molecular formula is C18H14N2S. The van der Waals surface area contributed by atoms with Gasteiger partial charge in [-0.15, -0.1) is 0 Å². The predicted octanol–water partition coefficient (Wildman–Crippen LogP) is 4.87. The molecule has 0 saturated carbocycles. The fourth-order valence-electron chi connectivity index (χ4n) is 2.33. The van der Waals surface area contributed by atoms with Crippen LogP contribution in [-0.2, 0) is 0 Å². The van der Waals surface area contributed by atoms with Crippen LogP contribution in [0.1, 0.15) is 16.7 Å². The van der Waals surface area contributed by atoms with Crippen molar-refractivity contribution in [2.75, 3.05) is 0 Å². The standard InChI is InChI=1S/C18H14N2S/c1-12-7-8-17(13(2)9-12)21-18-14(10-19)11-20-16-6-4-3-5-15(16)18/h3-9,11H,1-2H3. The number of aromatic nitrogens is 1. The van der Waals surface area contributed by atoms with Crippen LogP contribution in [0.15, 0.2) is 58.5 Å². The highest BCUT2D eigenvalue weighted by molar-refractivity contribution is 7.99. The van der Waals surface area contributed by atoms with Crippen LogP contribution in [0.25, 0.3) is 10.9 Å². The minimum atomic E-state index is 0.624. The Hall–Kier alpha value is -2.31. The molecule has 1 heterocycles. The van der Waals surface area contributed by atoms with Gasteiger partial charge in [-0.3, -0.25) is 4.98 Å². The first kappa shape index (κ1) is 13.7. The molecule has 3 heteroatoms. The predicted molar refractivity (Wildman–Crippen MR) is 86.5 cm³/mol. The summed E-state index contributed by atoms with van der Waals surface area (Å²) in [5.74, 6) is 0. The van der Waals surface area contributed by atoms with Gasteiger partial charge in [0.1, 0.15) is 6.07 Å². The highest BCUT2D eigenvalue weighted by Crippen LogP contribution is 2.37. The third-order valence-electron chi connectivity index (χ3n) is 3.39. The minimum absolute atomic E-state index is 0.624. The first-order chi connectivity index (χ1) is 10.2. The third-order valence-corrected chi connectivity index (χ3v) is 4.71. The van der Waals surface area contributed by atoms with Gasteiger partial charge in [0.05, 0.1) is 11.1 Å². The van der Waals surface area contributed by atoms with Crippen LogP contribution in [0.5, 0.6) is 0 Å². The van der Waals surface area contributed by atoms with Crippen LogP contribution < -0.4 is 0 Å². The average Bonchev–Trinajstić information content (AvgIpc) is 2.50. The normalized spacial score (nSPS) is 10.5. The largest absolute Gasteiger partial charge is 0.255 e. The highest BCUT2D eigenvalue weighted by atomic mass is 32.2. The van der Waals surface area contributed by atoms with Crippen molar-refractivity contribution >= 4 is 22.7 Å². The Morgan fingerprint density at radius 1 is 1.10 bits per heavy atom. The van der Waals surface area contributed by atoms with Gasteiger partial charge in [0.25, 0.3) is 0 Å². The van der Waals surface area contributed by atoms with Crippen molar-refractivity contribution in [3.05, 3.63) is 65.4 Å². The molecule has 0 unspecified atom stereocenters. The SMILES string of the molecule is Cc1ccc(Sc2c(C#N)cnc3ccccc23)c(C)c1. The summed E-state index contributed by atoms with van der Waals surface area (Å²) >= 11 is 1.64. The quantitative estimate of drug-likeness (QED) is 0.675. The molecule has 0 saturated heterocycles. The maximum absolute atomic E-state index is 9.37. The summed E-state index contributed by atoms with van der Waals surface area (Å²) in [6, 6.07) is 16.6. The fourth-order valence-corrected chi connectivity index (χ4v) is 3.40. The topological polar surface area (TPSA) is 36.7 Å². The van der Waals surface area contributed by atoms with E-state index in [1.54, 1.807) is 18.0 Å². The lowest BCUT2D eigenvalue weighted by molar-refractivity contribution is 1.25. The maximum Gasteiger partial charge on any atom is 0.102 e. The molecule has 1 aromatic heterocycles. The molecule has 0 aliphatic rings. The highest BCUT2D eigenvalue weighted by Gasteiger charge is 2.11. The van der Waals surface area contributed by atoms with Gasteiger partial charge in [0, 0.05) is 21.4 Å². The summed E-state index contributed by atoms with van der Waals surface area (Å²) < 4.78 is 0. The van der Waals surface area contributed by atoms with Crippen molar-refractivity contribution in [3.8, 4) is 6.07 Å². The van der Waals surface area contributed by atoms with Crippen LogP contribution in [0.3, 0.4) is 0 Å². The van der Waals surface area contributed by atoms with E-state index < -0.39 is 0 Å². The number of hydrogen-bond acceptors (Lipinski definition) is 3. The number of hydrogen-bond donors (Lipinski definition) is 0. The summed E-state index contributed by atoms with van der Waals surface area (Å²) in [5.41, 5.74) is 4.02. The lowest BCUT2D eigenvalue weighted by atomic mass is 10.1. The number of rotatable bonds is 2. The lowest BCUT2D eigenvalue weighted by Crippen LogP contribution is -1.89. The molecule has 0 radical (unpaired) electrons. The van der Waals surface area contributed by atoms with Gasteiger partial charge < -0.3 is 0 Å². The number of aryl methyl sites for hydroxylation is 2. The Morgan fingerprint density at radius 2 is 1.90 bits per heavy atom. The number of pyridine rings is 1. The number of nitriles is 1. The number of benzene rings is 2. The average molecular weight is 290 g/mol. The van der Waals surface area contributed by atoms with E-state index in [4.69, 9.17) is 0 Å². The molecule has 102 valence electrons. The maximum atomic E-state index is 9.37. The second-order valence-electron chi connectivity index (χ2n) is 5.00. The van der Waals surface area contributed by atoms with Gasteiger partial charge in [-0.05, 0) is 31.5 Å². The summed E-state index contributed by atoms with van der Waals surface area (Å²) in [7, 11) is 0. The smallest absolute Gasteiger partial charge is 0.102 e. The van der Waals surface area contributed by atoms with Crippen LogP contribution in [0.2, 0.25) is 0 Å². The van der Waals surface area contributed by atoms with Crippen molar-refractivity contribution in [2.45, 2.75) is 23.6 Å². The van der Waals surface area contributed by atoms with Gasteiger partial charge in [-0.2, -0.15) is 5.26 Å². The van der Waals surface area contributed by atoms with E-state index in [2.05, 4.69) is 43.1 Å². The molecule has 0 fully saturated rings. The van der Waals surface area contributed by atoms with Gasteiger partial charge in [0.2, 0.25) is 0 Å². The Balaban J connectivity index is 2.17. The van der Waals surface area contributed by atoms with Crippen molar-refractivity contribution in [3.63, 3.8) is 0 Å². The monoisotopic (exact) mass is 290 g/mol. The van der Waals surface area contributed by atoms with Crippen LogP contribution in [0, 0.1) is 25.2 Å². The molecule has 0 amide bonds. The van der Waals surface area contributed by atoms with E-state index in [0.29, 0.717) is 5.56 Å². The molecular weight excluding hydrogens is 276 g/mol. The second kappa shape index (κ2) is 5.59. The number of nitrogens with zero attached hydrogens (tertiary/aromatic N) is 2. The van der Waals surface area contributed by atoms with Crippen molar-refractivity contribution in [1.82, 2.24) is 4.98 Å². The molecule has 0 aliphatic heterocycles. The van der Waals surface area contributed by atoms with Crippen molar-refractivity contribution in [2.24, 2.45) is 0 Å². The first-order valence-corrected chi connectivity index (χ1v) is 7.53. The Kier molecular flexibility index (Phi) is 3.64. The van der Waals surface area contributed by atoms with E-state index in [0.717, 1.165) is 15.8 Å². The fraction of sp³-hybridized carbons (Fsp3) is 0.111. The molecule has 2 nitrogen and oxygen atoms in total. The molecule has 2 aromatic carbocycles. The van der Waals surface area contributed by atoms with E-state index in [1.807, 2.05) is 24.3 Å². The summed E-state index contributed by atoms with van der Waals surface area (Å²) in [6.07, 6.45) is 1.66. The van der Waals surface area contributed by atoms with E-state index in [-0.39, 0.29) is 0 Å². The second-order valence-corrected chi connectivity index (χ2v) is 6.05. The molecule has 21 heavy (non-hydrogen) atoms. The molecule has 0 N–H and O–H groups in total. The zero-order valence-corrected chi connectivity index (χ0v) is 12.7. The molecule has 3 aromatic rings. The summed E-state index contributed by atoms with van der Waals surface area (Å²) in [6.45, 7) is 4.19. The van der Waals surface area contributed by atoms with Crippen molar-refractivity contribution in [1.29, 1.82) is 5.26 Å².